The zero-order valence-electron chi connectivity index (χ0n) is 13.1. The molecular weight excluding hydrogens is 304 g/mol. The van der Waals surface area contributed by atoms with E-state index in [2.05, 4.69) is 30.8 Å². The largest absolute Gasteiger partial charge is 0.310 e. The predicted octanol–water partition coefficient (Wildman–Crippen LogP) is 2.96. The smallest absolute Gasteiger partial charge is 0.241 e. The number of sulfonamides is 1. The molecule has 1 fully saturated rings. The molecule has 0 radical (unpaired) electrons. The fourth-order valence-electron chi connectivity index (χ4n) is 2.72. The van der Waals surface area contributed by atoms with Crippen molar-refractivity contribution in [3.05, 3.63) is 16.3 Å². The van der Waals surface area contributed by atoms with Crippen LogP contribution in [0.5, 0.6) is 0 Å². The molecule has 2 N–H and O–H groups in total. The molecule has 0 aliphatic heterocycles. The molecular formula is C15H26N2O2S2. The second kappa shape index (κ2) is 7.22. The standard InChI is InChI=1S/C15H26N2O2S2/c1-11(2)16-9-14-7-15(10-20-14)21(18,19)17-8-13-6-4-5-12(13)3/h7,10-13,16-17H,4-6,8-9H2,1-3H3. The summed E-state index contributed by atoms with van der Waals surface area (Å²) in [6.07, 6.45) is 3.57. The summed E-state index contributed by atoms with van der Waals surface area (Å²) in [4.78, 5) is 1.46. The van der Waals surface area contributed by atoms with Crippen LogP contribution in [0.2, 0.25) is 0 Å². The van der Waals surface area contributed by atoms with Crippen LogP contribution in [0, 0.1) is 11.8 Å². The van der Waals surface area contributed by atoms with E-state index in [1.807, 2.05) is 0 Å². The predicted molar refractivity (Wildman–Crippen MR) is 88.0 cm³/mol. The van der Waals surface area contributed by atoms with Crippen molar-refractivity contribution in [3.63, 3.8) is 0 Å². The average molecular weight is 331 g/mol. The Morgan fingerprint density at radius 2 is 2.14 bits per heavy atom. The maximum absolute atomic E-state index is 12.3. The van der Waals surface area contributed by atoms with Crippen LogP contribution in [0.25, 0.3) is 0 Å². The van der Waals surface area contributed by atoms with Crippen LogP contribution in [0.4, 0.5) is 0 Å². The lowest BCUT2D eigenvalue weighted by atomic mass is 9.99. The summed E-state index contributed by atoms with van der Waals surface area (Å²) >= 11 is 1.50. The van der Waals surface area contributed by atoms with Gasteiger partial charge in [-0.15, -0.1) is 11.3 Å². The first-order chi connectivity index (χ1) is 9.88. The maximum Gasteiger partial charge on any atom is 0.241 e. The van der Waals surface area contributed by atoms with E-state index < -0.39 is 10.0 Å². The summed E-state index contributed by atoms with van der Waals surface area (Å²) in [5.41, 5.74) is 0. The first-order valence-corrected chi connectivity index (χ1v) is 10.0. The molecule has 1 aliphatic carbocycles. The molecule has 0 amide bonds. The quantitative estimate of drug-likeness (QED) is 0.808. The summed E-state index contributed by atoms with van der Waals surface area (Å²) in [6.45, 7) is 7.66. The highest BCUT2D eigenvalue weighted by Crippen LogP contribution is 2.30. The highest BCUT2D eigenvalue weighted by Gasteiger charge is 2.25. The van der Waals surface area contributed by atoms with Gasteiger partial charge in [0.25, 0.3) is 0 Å². The highest BCUT2D eigenvalue weighted by molar-refractivity contribution is 7.89. The molecule has 21 heavy (non-hydrogen) atoms. The van der Waals surface area contributed by atoms with Gasteiger partial charge in [-0.05, 0) is 24.3 Å². The lowest BCUT2D eigenvalue weighted by Crippen LogP contribution is -2.30. The van der Waals surface area contributed by atoms with Crippen molar-refractivity contribution in [1.29, 1.82) is 0 Å². The van der Waals surface area contributed by atoms with E-state index in [-0.39, 0.29) is 0 Å². The van der Waals surface area contributed by atoms with Gasteiger partial charge in [-0.25, -0.2) is 13.1 Å². The van der Waals surface area contributed by atoms with Crippen molar-refractivity contribution in [2.75, 3.05) is 6.54 Å². The Morgan fingerprint density at radius 3 is 2.76 bits per heavy atom. The van der Waals surface area contributed by atoms with E-state index in [1.165, 1.54) is 24.2 Å². The molecule has 0 aromatic carbocycles. The Morgan fingerprint density at radius 1 is 1.38 bits per heavy atom. The number of hydrogen-bond donors (Lipinski definition) is 2. The van der Waals surface area contributed by atoms with E-state index in [9.17, 15) is 8.42 Å². The molecule has 1 aromatic rings. The molecule has 0 spiro atoms. The Balaban J connectivity index is 1.92. The molecule has 120 valence electrons. The SMILES string of the molecule is CC(C)NCc1cc(S(=O)(=O)NCC2CCCC2C)cs1. The van der Waals surface area contributed by atoms with Gasteiger partial charge in [-0.2, -0.15) is 0 Å². The van der Waals surface area contributed by atoms with Crippen LogP contribution in [0.15, 0.2) is 16.3 Å². The highest BCUT2D eigenvalue weighted by atomic mass is 32.2. The van der Waals surface area contributed by atoms with Crippen molar-refractivity contribution in [2.45, 2.75) is 57.5 Å². The third kappa shape index (κ3) is 4.77. The number of thiophene rings is 1. The van der Waals surface area contributed by atoms with Gasteiger partial charge in [-0.1, -0.05) is 33.6 Å². The molecule has 1 aliphatic rings. The molecule has 6 heteroatoms. The third-order valence-corrected chi connectivity index (χ3v) is 6.69. The van der Waals surface area contributed by atoms with Gasteiger partial charge in [0.2, 0.25) is 10.0 Å². The molecule has 1 saturated carbocycles. The van der Waals surface area contributed by atoms with E-state index in [0.717, 1.165) is 17.8 Å². The zero-order valence-corrected chi connectivity index (χ0v) is 14.7. The van der Waals surface area contributed by atoms with Crippen LogP contribution in [-0.2, 0) is 16.6 Å². The number of hydrogen-bond acceptors (Lipinski definition) is 4. The topological polar surface area (TPSA) is 58.2 Å². The van der Waals surface area contributed by atoms with E-state index >= 15 is 0 Å². The molecule has 2 atom stereocenters. The molecule has 1 heterocycles. The van der Waals surface area contributed by atoms with Crippen LogP contribution in [-0.4, -0.2) is 21.0 Å². The fraction of sp³-hybridized carbons (Fsp3) is 0.733. The summed E-state index contributed by atoms with van der Waals surface area (Å²) in [7, 11) is -3.36. The molecule has 1 aromatic heterocycles. The van der Waals surface area contributed by atoms with Gasteiger partial charge in [0.05, 0.1) is 4.90 Å². The second-order valence-electron chi connectivity index (χ2n) is 6.30. The first kappa shape index (κ1) is 16.9. The van der Waals surface area contributed by atoms with Crippen LogP contribution >= 0.6 is 11.3 Å². The molecule has 2 unspecified atom stereocenters. The van der Waals surface area contributed by atoms with Gasteiger partial charge in [-0.3, -0.25) is 0 Å². The fourth-order valence-corrected chi connectivity index (χ4v) is 5.04. The van der Waals surface area contributed by atoms with Crippen molar-refractivity contribution in [3.8, 4) is 0 Å². The molecule has 2 rings (SSSR count). The number of nitrogens with one attached hydrogen (secondary N) is 2. The van der Waals surface area contributed by atoms with Crippen LogP contribution < -0.4 is 10.0 Å². The lowest BCUT2D eigenvalue weighted by Gasteiger charge is -2.15. The van der Waals surface area contributed by atoms with E-state index in [4.69, 9.17) is 0 Å². The Hall–Kier alpha value is -0.430. The summed E-state index contributed by atoms with van der Waals surface area (Å²) < 4.78 is 27.4. The Kier molecular flexibility index (Phi) is 5.82. The van der Waals surface area contributed by atoms with Crippen molar-refractivity contribution in [2.24, 2.45) is 11.8 Å². The van der Waals surface area contributed by atoms with Gasteiger partial charge >= 0.3 is 0 Å². The summed E-state index contributed by atoms with van der Waals surface area (Å²) in [5.74, 6) is 1.11. The van der Waals surface area contributed by atoms with Gasteiger partial charge in [0.1, 0.15) is 0 Å². The maximum atomic E-state index is 12.3. The van der Waals surface area contributed by atoms with Gasteiger partial charge in [0.15, 0.2) is 0 Å². The molecule has 0 bridgehead atoms. The van der Waals surface area contributed by atoms with Crippen molar-refractivity contribution in [1.82, 2.24) is 10.0 Å². The monoisotopic (exact) mass is 330 g/mol. The van der Waals surface area contributed by atoms with Crippen molar-refractivity contribution < 1.29 is 8.42 Å². The second-order valence-corrected chi connectivity index (χ2v) is 9.07. The van der Waals surface area contributed by atoms with Crippen LogP contribution in [0.1, 0.15) is 44.9 Å². The van der Waals surface area contributed by atoms with Gasteiger partial charge < -0.3 is 5.32 Å². The van der Waals surface area contributed by atoms with Crippen LogP contribution in [0.3, 0.4) is 0 Å². The van der Waals surface area contributed by atoms with E-state index in [0.29, 0.717) is 29.3 Å². The zero-order chi connectivity index (χ0) is 15.5. The minimum atomic E-state index is -3.36. The summed E-state index contributed by atoms with van der Waals surface area (Å²) in [5, 5.41) is 5.04. The lowest BCUT2D eigenvalue weighted by molar-refractivity contribution is 0.414. The average Bonchev–Trinajstić information content (AvgIpc) is 3.03. The Labute approximate surface area is 132 Å². The first-order valence-electron chi connectivity index (χ1n) is 7.69. The normalized spacial score (nSPS) is 23.0. The third-order valence-electron chi connectivity index (χ3n) is 4.20. The number of rotatable bonds is 7. The minimum absolute atomic E-state index is 0.397. The Bertz CT molecular complexity index is 552. The summed E-state index contributed by atoms with van der Waals surface area (Å²) in [6, 6.07) is 2.18. The minimum Gasteiger partial charge on any atom is -0.310 e. The molecule has 4 nitrogen and oxygen atoms in total. The van der Waals surface area contributed by atoms with E-state index in [1.54, 1.807) is 11.4 Å². The van der Waals surface area contributed by atoms with Crippen molar-refractivity contribution >= 4 is 21.4 Å². The van der Waals surface area contributed by atoms with Gasteiger partial charge in [0, 0.05) is 29.4 Å². The molecule has 0 saturated heterocycles.